The molecule has 3 N–H and O–H groups in total. The molecule has 0 saturated carbocycles. The fourth-order valence-electron chi connectivity index (χ4n) is 4.47. The number of nitrogens with zero attached hydrogens (tertiary/aromatic N) is 6. The molecular formula is C26H29F3N8O2. The van der Waals surface area contributed by atoms with Crippen LogP contribution in [0.1, 0.15) is 31.2 Å². The maximum atomic E-state index is 10.6. The van der Waals surface area contributed by atoms with E-state index in [1.807, 2.05) is 30.6 Å². The molecule has 206 valence electrons. The molecule has 2 aliphatic rings. The number of pyridine rings is 1. The lowest BCUT2D eigenvalue weighted by Crippen LogP contribution is -2.44. The summed E-state index contributed by atoms with van der Waals surface area (Å²) >= 11 is 0. The average Bonchev–Trinajstić information content (AvgIpc) is 3.20. The molecule has 2 fully saturated rings. The molecule has 0 bridgehead atoms. The zero-order chi connectivity index (χ0) is 27.8. The highest BCUT2D eigenvalue weighted by Gasteiger charge is 2.38. The molecule has 0 radical (unpaired) electrons. The summed E-state index contributed by atoms with van der Waals surface area (Å²) in [5, 5.41) is 20.1. The van der Waals surface area contributed by atoms with Gasteiger partial charge in [0.1, 0.15) is 11.9 Å². The lowest BCUT2D eigenvalue weighted by atomic mass is 10.1. The van der Waals surface area contributed by atoms with Crippen molar-refractivity contribution >= 4 is 17.7 Å². The number of rotatable bonds is 4. The third-order valence-corrected chi connectivity index (χ3v) is 6.49. The molecule has 3 aromatic heterocycles. The number of hydrogen-bond donors (Lipinski definition) is 3. The summed E-state index contributed by atoms with van der Waals surface area (Å²) in [5.74, 6) is -1.06. The SMILES string of the molecule is N#Cc1cc(-c2ccnc(-c3cnc(N4CCCCCC4)nc3)c2)[nH]c1N1CCNCC1.O=C(O)C(F)(F)F. The van der Waals surface area contributed by atoms with Gasteiger partial charge in [0.05, 0.1) is 11.3 Å². The summed E-state index contributed by atoms with van der Waals surface area (Å²) in [5.41, 5.74) is 4.29. The number of aromatic amines is 1. The fraction of sp³-hybridized carbons (Fsp3) is 0.423. The molecule has 2 aliphatic heterocycles. The summed E-state index contributed by atoms with van der Waals surface area (Å²) in [7, 11) is 0. The first-order chi connectivity index (χ1) is 18.8. The summed E-state index contributed by atoms with van der Waals surface area (Å²) < 4.78 is 31.7. The Balaban J connectivity index is 0.000000448. The highest BCUT2D eigenvalue weighted by molar-refractivity contribution is 5.73. The smallest absolute Gasteiger partial charge is 0.475 e. The Morgan fingerprint density at radius 3 is 2.18 bits per heavy atom. The van der Waals surface area contributed by atoms with Crippen molar-refractivity contribution in [1.29, 1.82) is 5.26 Å². The second-order valence-electron chi connectivity index (χ2n) is 9.20. The summed E-state index contributed by atoms with van der Waals surface area (Å²) in [6.07, 6.45) is 5.41. The van der Waals surface area contributed by atoms with Crippen molar-refractivity contribution < 1.29 is 23.1 Å². The molecule has 0 unspecified atom stereocenters. The van der Waals surface area contributed by atoms with Crippen molar-refractivity contribution in [2.75, 3.05) is 49.1 Å². The Labute approximate surface area is 223 Å². The normalized spacial score (nSPS) is 16.1. The molecular weight excluding hydrogens is 513 g/mol. The minimum Gasteiger partial charge on any atom is -0.475 e. The zero-order valence-electron chi connectivity index (χ0n) is 21.2. The van der Waals surface area contributed by atoms with E-state index < -0.39 is 12.1 Å². The van der Waals surface area contributed by atoms with E-state index in [2.05, 4.69) is 41.1 Å². The van der Waals surface area contributed by atoms with E-state index in [9.17, 15) is 18.4 Å². The lowest BCUT2D eigenvalue weighted by molar-refractivity contribution is -0.192. The number of nitriles is 1. The first kappa shape index (κ1) is 27.8. The molecule has 0 atom stereocenters. The van der Waals surface area contributed by atoms with Crippen LogP contribution in [-0.2, 0) is 4.79 Å². The monoisotopic (exact) mass is 542 g/mol. The van der Waals surface area contributed by atoms with Gasteiger partial charge >= 0.3 is 12.1 Å². The van der Waals surface area contributed by atoms with Gasteiger partial charge in [-0.15, -0.1) is 0 Å². The van der Waals surface area contributed by atoms with Gasteiger partial charge in [0.15, 0.2) is 0 Å². The largest absolute Gasteiger partial charge is 0.490 e. The van der Waals surface area contributed by atoms with E-state index in [0.717, 1.165) is 73.5 Å². The Kier molecular flexibility index (Phi) is 8.98. The third-order valence-electron chi connectivity index (χ3n) is 6.49. The van der Waals surface area contributed by atoms with Gasteiger partial charge < -0.3 is 25.2 Å². The van der Waals surface area contributed by atoms with Gasteiger partial charge in [-0.3, -0.25) is 4.98 Å². The van der Waals surface area contributed by atoms with Crippen molar-refractivity contribution in [1.82, 2.24) is 25.3 Å². The van der Waals surface area contributed by atoms with Crippen LogP contribution in [-0.4, -0.2) is 76.5 Å². The number of anilines is 2. The van der Waals surface area contributed by atoms with E-state index in [1.165, 1.54) is 25.7 Å². The Bertz CT molecular complexity index is 1290. The van der Waals surface area contributed by atoms with Crippen LogP contribution in [0.3, 0.4) is 0 Å². The van der Waals surface area contributed by atoms with Gasteiger partial charge in [-0.05, 0) is 31.0 Å². The Morgan fingerprint density at radius 1 is 0.949 bits per heavy atom. The van der Waals surface area contributed by atoms with Crippen LogP contribution in [0.4, 0.5) is 24.9 Å². The molecule has 0 amide bonds. The van der Waals surface area contributed by atoms with Gasteiger partial charge in [0, 0.05) is 74.7 Å². The van der Waals surface area contributed by atoms with Crippen LogP contribution in [0.15, 0.2) is 36.8 Å². The minimum atomic E-state index is -5.08. The maximum Gasteiger partial charge on any atom is 0.490 e. The average molecular weight is 543 g/mol. The van der Waals surface area contributed by atoms with E-state index in [4.69, 9.17) is 9.90 Å². The highest BCUT2D eigenvalue weighted by Crippen LogP contribution is 2.29. The predicted molar refractivity (Wildman–Crippen MR) is 139 cm³/mol. The molecule has 5 rings (SSSR count). The van der Waals surface area contributed by atoms with Gasteiger partial charge in [0.25, 0.3) is 0 Å². The fourth-order valence-corrected chi connectivity index (χ4v) is 4.47. The number of carboxylic acid groups (broad SMARTS) is 1. The van der Waals surface area contributed by atoms with E-state index in [-0.39, 0.29) is 0 Å². The van der Waals surface area contributed by atoms with Gasteiger partial charge in [-0.2, -0.15) is 18.4 Å². The molecule has 0 aromatic carbocycles. The lowest BCUT2D eigenvalue weighted by Gasteiger charge is -2.28. The van der Waals surface area contributed by atoms with Crippen LogP contribution >= 0.6 is 0 Å². The number of aliphatic carboxylic acids is 1. The topological polar surface area (TPSA) is 134 Å². The molecule has 10 nitrogen and oxygen atoms in total. The van der Waals surface area contributed by atoms with Crippen molar-refractivity contribution in [2.24, 2.45) is 0 Å². The Hall–Kier alpha value is -4.18. The van der Waals surface area contributed by atoms with E-state index in [1.54, 1.807) is 6.20 Å². The van der Waals surface area contributed by atoms with Crippen molar-refractivity contribution in [3.05, 3.63) is 42.4 Å². The van der Waals surface area contributed by atoms with E-state index >= 15 is 0 Å². The second-order valence-corrected chi connectivity index (χ2v) is 9.20. The maximum absolute atomic E-state index is 10.6. The molecule has 0 spiro atoms. The minimum absolute atomic E-state index is 0.672. The first-order valence-corrected chi connectivity index (χ1v) is 12.7. The number of H-pyrrole nitrogens is 1. The number of alkyl halides is 3. The summed E-state index contributed by atoms with van der Waals surface area (Å²) in [4.78, 5) is 30.7. The number of nitrogens with one attached hydrogen (secondary N) is 2. The molecule has 39 heavy (non-hydrogen) atoms. The molecule has 13 heteroatoms. The number of carboxylic acids is 1. The van der Waals surface area contributed by atoms with Crippen LogP contribution in [0.2, 0.25) is 0 Å². The zero-order valence-corrected chi connectivity index (χ0v) is 21.2. The van der Waals surface area contributed by atoms with Crippen molar-refractivity contribution in [3.63, 3.8) is 0 Å². The third kappa shape index (κ3) is 7.23. The predicted octanol–water partition coefficient (Wildman–Crippen LogP) is 3.83. The standard InChI is InChI=1S/C24H28N8.C2HF3O2/c25-15-19-14-22(30-23(19)31-11-7-26-8-12-31)18-5-6-27-21(13-18)20-16-28-24(29-17-20)32-9-3-1-2-4-10-32;3-2(4,5)1(6)7/h5-6,13-14,16-17,26,30H,1-4,7-12H2;(H,6,7). The number of carbonyl (C=O) groups is 1. The highest BCUT2D eigenvalue weighted by atomic mass is 19.4. The van der Waals surface area contributed by atoms with Gasteiger partial charge in [-0.1, -0.05) is 12.8 Å². The first-order valence-electron chi connectivity index (χ1n) is 12.7. The van der Waals surface area contributed by atoms with Crippen LogP contribution in [0.5, 0.6) is 0 Å². The van der Waals surface area contributed by atoms with Crippen LogP contribution < -0.4 is 15.1 Å². The van der Waals surface area contributed by atoms with Crippen LogP contribution in [0, 0.1) is 11.3 Å². The molecule has 2 saturated heterocycles. The number of hydrogen-bond acceptors (Lipinski definition) is 8. The number of piperazine rings is 1. The van der Waals surface area contributed by atoms with Crippen molar-refractivity contribution in [3.8, 4) is 28.6 Å². The summed E-state index contributed by atoms with van der Waals surface area (Å²) in [6, 6.07) is 8.25. The molecule has 5 heterocycles. The molecule has 3 aromatic rings. The Morgan fingerprint density at radius 2 is 1.59 bits per heavy atom. The summed E-state index contributed by atoms with van der Waals surface area (Å²) in [6.45, 7) is 5.67. The van der Waals surface area contributed by atoms with Crippen LogP contribution in [0.25, 0.3) is 22.5 Å². The van der Waals surface area contributed by atoms with Gasteiger partial charge in [0.2, 0.25) is 5.95 Å². The number of halogens is 3. The number of aromatic nitrogens is 4. The van der Waals surface area contributed by atoms with Gasteiger partial charge in [-0.25, -0.2) is 14.8 Å². The molecule has 0 aliphatic carbocycles. The quantitative estimate of drug-likeness (QED) is 0.450. The second kappa shape index (κ2) is 12.6. The van der Waals surface area contributed by atoms with E-state index in [0.29, 0.717) is 5.56 Å². The van der Waals surface area contributed by atoms with Crippen molar-refractivity contribution in [2.45, 2.75) is 31.9 Å².